The van der Waals surface area contributed by atoms with E-state index < -0.39 is 8.07 Å². The number of hydrogen-bond acceptors (Lipinski definition) is 3. The molecule has 0 atom stereocenters. The molecular formula is C20H20N2OSi. The molecule has 0 N–H and O–H groups in total. The molecule has 1 aromatic carbocycles. The quantitative estimate of drug-likeness (QED) is 0.490. The maximum Gasteiger partial charge on any atom is 0.227 e. The highest BCUT2D eigenvalue weighted by Gasteiger charge is 2.25. The highest BCUT2D eigenvalue weighted by Crippen LogP contribution is 2.34. The van der Waals surface area contributed by atoms with Crippen molar-refractivity contribution in [2.75, 3.05) is 0 Å². The van der Waals surface area contributed by atoms with E-state index in [0.29, 0.717) is 5.71 Å². The summed E-state index contributed by atoms with van der Waals surface area (Å²) >= 11 is 0. The zero-order chi connectivity index (χ0) is 16.9. The van der Waals surface area contributed by atoms with Crippen molar-refractivity contribution < 1.29 is 4.42 Å². The summed E-state index contributed by atoms with van der Waals surface area (Å²) in [6.07, 6.45) is 3.68. The monoisotopic (exact) mass is 332 g/mol. The van der Waals surface area contributed by atoms with E-state index in [1.807, 2.05) is 30.6 Å². The highest BCUT2D eigenvalue weighted by atomic mass is 28.3. The molecule has 0 unspecified atom stereocenters. The number of nitrogens with zero attached hydrogens (tertiary/aromatic N) is 2. The first-order valence-electron chi connectivity index (χ1n) is 8.19. The molecule has 3 aromatic heterocycles. The smallest absolute Gasteiger partial charge is 0.227 e. The number of aryl methyl sites for hydroxylation is 1. The van der Waals surface area contributed by atoms with E-state index in [1.165, 1.54) is 10.6 Å². The van der Waals surface area contributed by atoms with Crippen LogP contribution in [0.3, 0.4) is 0 Å². The zero-order valence-electron chi connectivity index (χ0n) is 14.4. The molecule has 3 nitrogen and oxygen atoms in total. The van der Waals surface area contributed by atoms with Crippen molar-refractivity contribution >= 4 is 35.3 Å². The van der Waals surface area contributed by atoms with Gasteiger partial charge < -0.3 is 4.42 Å². The van der Waals surface area contributed by atoms with Crippen molar-refractivity contribution in [1.82, 2.24) is 9.97 Å². The normalized spacial score (nSPS) is 12.2. The molecule has 4 aromatic rings. The Morgan fingerprint density at radius 1 is 1.00 bits per heavy atom. The molecule has 0 saturated heterocycles. The lowest BCUT2D eigenvalue weighted by atomic mass is 10.1. The summed E-state index contributed by atoms with van der Waals surface area (Å²) in [5, 5.41) is 3.73. The third-order valence-corrected chi connectivity index (χ3v) is 6.40. The Morgan fingerprint density at radius 3 is 2.54 bits per heavy atom. The third-order valence-electron chi connectivity index (χ3n) is 4.36. The third kappa shape index (κ3) is 2.34. The summed E-state index contributed by atoms with van der Waals surface area (Å²) in [5.74, 6) is 0. The average Bonchev–Trinajstić information content (AvgIpc) is 2.92. The van der Waals surface area contributed by atoms with Crippen molar-refractivity contribution in [2.24, 2.45) is 0 Å². The lowest BCUT2D eigenvalue weighted by Gasteiger charge is -2.18. The maximum absolute atomic E-state index is 6.20. The van der Waals surface area contributed by atoms with Crippen LogP contribution in [0.25, 0.3) is 33.3 Å². The van der Waals surface area contributed by atoms with Crippen LogP contribution in [0, 0.1) is 6.92 Å². The molecule has 0 aliphatic carbocycles. The number of aromatic nitrogens is 2. The molecule has 0 radical (unpaired) electrons. The van der Waals surface area contributed by atoms with Gasteiger partial charge in [0.1, 0.15) is 5.58 Å². The van der Waals surface area contributed by atoms with Gasteiger partial charge >= 0.3 is 0 Å². The van der Waals surface area contributed by atoms with Gasteiger partial charge in [0.05, 0.1) is 13.8 Å². The summed E-state index contributed by atoms with van der Waals surface area (Å²) in [6.45, 7) is 9.17. The van der Waals surface area contributed by atoms with Crippen molar-refractivity contribution in [3.63, 3.8) is 0 Å². The van der Waals surface area contributed by atoms with E-state index >= 15 is 0 Å². The van der Waals surface area contributed by atoms with Gasteiger partial charge in [-0.1, -0.05) is 31.8 Å². The molecular weight excluding hydrogens is 312 g/mol. The molecule has 120 valence electrons. The van der Waals surface area contributed by atoms with Crippen LogP contribution in [-0.4, -0.2) is 18.0 Å². The van der Waals surface area contributed by atoms with Crippen LogP contribution < -0.4 is 5.19 Å². The Labute approximate surface area is 142 Å². The second-order valence-corrected chi connectivity index (χ2v) is 12.3. The molecule has 4 rings (SSSR count). The van der Waals surface area contributed by atoms with Crippen molar-refractivity contribution in [2.45, 2.75) is 26.6 Å². The van der Waals surface area contributed by atoms with Crippen LogP contribution in [0.1, 0.15) is 5.56 Å². The predicted octanol–water partition coefficient (Wildman–Crippen LogP) is 4.90. The highest BCUT2D eigenvalue weighted by molar-refractivity contribution is 6.90. The molecule has 0 saturated carbocycles. The summed E-state index contributed by atoms with van der Waals surface area (Å²) in [5.41, 5.74) is 4.72. The van der Waals surface area contributed by atoms with Gasteiger partial charge in [-0.2, -0.15) is 0 Å². The Kier molecular flexibility index (Phi) is 3.32. The van der Waals surface area contributed by atoms with E-state index in [0.717, 1.165) is 27.8 Å². The summed E-state index contributed by atoms with van der Waals surface area (Å²) < 4.78 is 6.20. The molecule has 0 bridgehead atoms. The van der Waals surface area contributed by atoms with Crippen LogP contribution in [0.15, 0.2) is 53.2 Å². The van der Waals surface area contributed by atoms with Crippen LogP contribution in [0.4, 0.5) is 0 Å². The van der Waals surface area contributed by atoms with Crippen LogP contribution in [0.5, 0.6) is 0 Å². The van der Waals surface area contributed by atoms with Crippen molar-refractivity contribution in [1.29, 1.82) is 0 Å². The SMILES string of the molecule is Cc1cnc2oc3c(-c4ccccn4)ccc([Si](C)(C)C)c3c2c1. The number of rotatable bonds is 2. The van der Waals surface area contributed by atoms with E-state index in [-0.39, 0.29) is 0 Å². The fourth-order valence-corrected chi connectivity index (χ4v) is 4.80. The van der Waals surface area contributed by atoms with Gasteiger partial charge in [0, 0.05) is 28.7 Å². The van der Waals surface area contributed by atoms with Crippen LogP contribution >= 0.6 is 0 Å². The number of hydrogen-bond donors (Lipinski definition) is 0. The van der Waals surface area contributed by atoms with Gasteiger partial charge in [0.2, 0.25) is 5.71 Å². The van der Waals surface area contributed by atoms with Gasteiger partial charge in [-0.3, -0.25) is 4.98 Å². The van der Waals surface area contributed by atoms with Crippen molar-refractivity contribution in [3.8, 4) is 11.3 Å². The lowest BCUT2D eigenvalue weighted by molar-refractivity contribution is 0.655. The maximum atomic E-state index is 6.20. The molecule has 4 heteroatoms. The number of fused-ring (bicyclic) bond motifs is 3. The molecule has 0 spiro atoms. The van der Waals surface area contributed by atoms with E-state index in [9.17, 15) is 0 Å². The minimum atomic E-state index is -1.53. The first-order valence-corrected chi connectivity index (χ1v) is 11.7. The van der Waals surface area contributed by atoms with Crippen LogP contribution in [0.2, 0.25) is 19.6 Å². The Hall–Kier alpha value is -2.46. The standard InChI is InChI=1S/C20H20N2OSi/c1-13-11-15-18-17(24(2,3)4)9-8-14(16-7-5-6-10-21-16)19(18)23-20(15)22-12-13/h5-12H,1-4H3. The molecule has 0 aliphatic heterocycles. The second-order valence-electron chi connectivity index (χ2n) is 7.30. The number of benzene rings is 1. The molecule has 24 heavy (non-hydrogen) atoms. The Balaban J connectivity index is 2.17. The molecule has 0 aliphatic rings. The lowest BCUT2D eigenvalue weighted by Crippen LogP contribution is -2.37. The summed E-state index contributed by atoms with van der Waals surface area (Å²) in [4.78, 5) is 9.01. The van der Waals surface area contributed by atoms with Gasteiger partial charge in [-0.15, -0.1) is 0 Å². The second kappa shape index (κ2) is 5.28. The largest absolute Gasteiger partial charge is 0.437 e. The van der Waals surface area contributed by atoms with E-state index in [2.05, 4.69) is 54.7 Å². The Morgan fingerprint density at radius 2 is 1.83 bits per heavy atom. The first-order chi connectivity index (χ1) is 11.4. The van der Waals surface area contributed by atoms with Gasteiger partial charge in [0.25, 0.3) is 0 Å². The van der Waals surface area contributed by atoms with Crippen LogP contribution in [-0.2, 0) is 0 Å². The summed E-state index contributed by atoms with van der Waals surface area (Å²) in [7, 11) is -1.53. The molecule has 0 amide bonds. The molecule has 0 fully saturated rings. The zero-order valence-corrected chi connectivity index (χ0v) is 15.4. The number of pyridine rings is 2. The molecule has 3 heterocycles. The summed E-state index contributed by atoms with van der Waals surface area (Å²) in [6, 6.07) is 12.5. The Bertz CT molecular complexity index is 1050. The number of furan rings is 1. The van der Waals surface area contributed by atoms with Gasteiger partial charge in [-0.05, 0) is 41.9 Å². The fourth-order valence-electron chi connectivity index (χ4n) is 3.22. The van der Waals surface area contributed by atoms with E-state index in [4.69, 9.17) is 4.42 Å². The first kappa shape index (κ1) is 15.1. The minimum absolute atomic E-state index is 0.707. The minimum Gasteiger partial charge on any atom is -0.437 e. The van der Waals surface area contributed by atoms with E-state index in [1.54, 1.807) is 0 Å². The fraction of sp³-hybridized carbons (Fsp3) is 0.200. The van der Waals surface area contributed by atoms with Gasteiger partial charge in [0.15, 0.2) is 0 Å². The average molecular weight is 332 g/mol. The van der Waals surface area contributed by atoms with Gasteiger partial charge in [-0.25, -0.2) is 4.98 Å². The predicted molar refractivity (Wildman–Crippen MR) is 102 cm³/mol. The van der Waals surface area contributed by atoms with Crippen molar-refractivity contribution in [3.05, 3.63) is 54.4 Å². The topological polar surface area (TPSA) is 38.9 Å².